The van der Waals surface area contributed by atoms with E-state index in [0.29, 0.717) is 0 Å². The van der Waals surface area contributed by atoms with Gasteiger partial charge in [-0.05, 0) is 43.2 Å². The molecule has 0 aliphatic rings. The molecular formula is C18H18N2S2. The molecule has 0 bridgehead atoms. The van der Waals surface area contributed by atoms with Gasteiger partial charge >= 0.3 is 0 Å². The molecule has 0 fully saturated rings. The van der Waals surface area contributed by atoms with E-state index in [-0.39, 0.29) is 0 Å². The molecule has 0 atom stereocenters. The molecule has 1 aromatic heterocycles. The standard InChI is InChI=1S/C18H18N2S2/c1-14-20-17(13-22-14)11-10-15(12-19)6-5-8-16-7-3-4-9-18(16)21-2/h3-7,9,12-13H,8,19H2,1-2H3/b6-5-,15-12+. The molecule has 0 spiro atoms. The van der Waals surface area contributed by atoms with Crippen LogP contribution in [-0.2, 0) is 6.42 Å². The number of aryl methyl sites for hydroxylation is 1. The first-order valence-electron chi connectivity index (χ1n) is 6.87. The quantitative estimate of drug-likeness (QED) is 0.521. The lowest BCUT2D eigenvalue weighted by Crippen LogP contribution is -1.87. The van der Waals surface area contributed by atoms with Crippen LogP contribution in [0.4, 0.5) is 0 Å². The molecule has 0 aliphatic heterocycles. The molecule has 1 aromatic carbocycles. The monoisotopic (exact) mass is 326 g/mol. The van der Waals surface area contributed by atoms with Crippen molar-refractivity contribution in [3.63, 3.8) is 0 Å². The summed E-state index contributed by atoms with van der Waals surface area (Å²) < 4.78 is 0. The number of hydrogen-bond donors (Lipinski definition) is 1. The number of thiazole rings is 1. The lowest BCUT2D eigenvalue weighted by atomic mass is 10.1. The van der Waals surface area contributed by atoms with Crippen molar-refractivity contribution in [2.45, 2.75) is 18.2 Å². The smallest absolute Gasteiger partial charge is 0.124 e. The molecule has 0 aliphatic carbocycles. The van der Waals surface area contributed by atoms with Crippen molar-refractivity contribution in [1.82, 2.24) is 4.98 Å². The molecule has 0 radical (unpaired) electrons. The van der Waals surface area contributed by atoms with Crippen molar-refractivity contribution < 1.29 is 0 Å². The highest BCUT2D eigenvalue weighted by Crippen LogP contribution is 2.20. The van der Waals surface area contributed by atoms with E-state index >= 15 is 0 Å². The molecular weight excluding hydrogens is 308 g/mol. The van der Waals surface area contributed by atoms with Gasteiger partial charge in [-0.1, -0.05) is 30.2 Å². The van der Waals surface area contributed by atoms with Gasteiger partial charge < -0.3 is 5.73 Å². The van der Waals surface area contributed by atoms with Gasteiger partial charge in [0.25, 0.3) is 0 Å². The minimum atomic E-state index is 0.794. The van der Waals surface area contributed by atoms with Crippen LogP contribution in [0.1, 0.15) is 16.3 Å². The Kier molecular flexibility index (Phi) is 6.32. The Hall–Kier alpha value is -1.96. The number of aromatic nitrogens is 1. The summed E-state index contributed by atoms with van der Waals surface area (Å²) in [6, 6.07) is 8.40. The highest BCUT2D eigenvalue weighted by atomic mass is 32.2. The molecule has 0 saturated carbocycles. The maximum absolute atomic E-state index is 5.64. The maximum Gasteiger partial charge on any atom is 0.124 e. The summed E-state index contributed by atoms with van der Waals surface area (Å²) in [4.78, 5) is 5.62. The fraction of sp³-hybridized carbons (Fsp3) is 0.167. The molecule has 112 valence electrons. The van der Waals surface area contributed by atoms with Crippen LogP contribution in [0.2, 0.25) is 0 Å². The average molecular weight is 326 g/mol. The largest absolute Gasteiger partial charge is 0.404 e. The fourth-order valence-electron chi connectivity index (χ4n) is 1.88. The summed E-state index contributed by atoms with van der Waals surface area (Å²) in [7, 11) is 0. The second-order valence-corrected chi connectivity index (χ2v) is 6.45. The van der Waals surface area contributed by atoms with Crippen molar-refractivity contribution in [2.24, 2.45) is 5.73 Å². The summed E-state index contributed by atoms with van der Waals surface area (Å²) in [5.74, 6) is 6.09. The van der Waals surface area contributed by atoms with Gasteiger partial charge in [0.05, 0.1) is 5.01 Å². The maximum atomic E-state index is 5.64. The molecule has 0 amide bonds. The van der Waals surface area contributed by atoms with Crippen molar-refractivity contribution >= 4 is 23.1 Å². The summed E-state index contributed by atoms with van der Waals surface area (Å²) in [6.07, 6.45) is 8.54. The van der Waals surface area contributed by atoms with E-state index in [4.69, 9.17) is 5.73 Å². The Labute approximate surface area is 140 Å². The van der Waals surface area contributed by atoms with Gasteiger partial charge in [0.2, 0.25) is 0 Å². The summed E-state index contributed by atoms with van der Waals surface area (Å²) in [5, 5.41) is 2.97. The second-order valence-electron chi connectivity index (χ2n) is 4.54. The summed E-state index contributed by atoms with van der Waals surface area (Å²) in [6.45, 7) is 1.97. The number of nitrogens with zero attached hydrogens (tertiary/aromatic N) is 1. The molecule has 0 saturated heterocycles. The summed E-state index contributed by atoms with van der Waals surface area (Å²) in [5.41, 5.74) is 8.54. The van der Waals surface area contributed by atoms with Crippen LogP contribution in [0.5, 0.6) is 0 Å². The number of benzene rings is 1. The van der Waals surface area contributed by atoms with Crippen LogP contribution >= 0.6 is 23.1 Å². The van der Waals surface area contributed by atoms with E-state index in [9.17, 15) is 0 Å². The first-order chi connectivity index (χ1) is 10.7. The van der Waals surface area contributed by atoms with Crippen LogP contribution in [0.3, 0.4) is 0 Å². The SMILES string of the molecule is CSc1ccccc1C/C=C\C(C#Cc1csc(C)n1)=C/N. The van der Waals surface area contributed by atoms with E-state index in [1.54, 1.807) is 23.1 Å². The fourth-order valence-corrected chi connectivity index (χ4v) is 3.05. The second kappa shape index (κ2) is 8.47. The topological polar surface area (TPSA) is 38.9 Å². The molecule has 2 nitrogen and oxygen atoms in total. The molecule has 2 aromatic rings. The molecule has 2 rings (SSSR count). The minimum absolute atomic E-state index is 0.794. The van der Waals surface area contributed by atoms with Gasteiger partial charge in [-0.2, -0.15) is 0 Å². The van der Waals surface area contributed by atoms with Crippen LogP contribution in [0.15, 0.2) is 58.5 Å². The molecule has 2 N–H and O–H groups in total. The van der Waals surface area contributed by atoms with E-state index in [2.05, 4.69) is 53.4 Å². The van der Waals surface area contributed by atoms with Gasteiger partial charge in [0.1, 0.15) is 5.69 Å². The average Bonchev–Trinajstić information content (AvgIpc) is 2.96. The van der Waals surface area contributed by atoms with Crippen LogP contribution in [-0.4, -0.2) is 11.2 Å². The lowest BCUT2D eigenvalue weighted by molar-refractivity contribution is 1.18. The Morgan fingerprint density at radius 2 is 2.23 bits per heavy atom. The van der Waals surface area contributed by atoms with Crippen LogP contribution < -0.4 is 5.73 Å². The molecule has 1 heterocycles. The Morgan fingerprint density at radius 1 is 1.41 bits per heavy atom. The Balaban J connectivity index is 2.03. The predicted molar refractivity (Wildman–Crippen MR) is 97.1 cm³/mol. The number of rotatable bonds is 4. The van der Waals surface area contributed by atoms with Crippen LogP contribution in [0.25, 0.3) is 0 Å². The van der Waals surface area contributed by atoms with Crippen molar-refractivity contribution in [3.05, 3.63) is 69.8 Å². The normalized spacial score (nSPS) is 11.5. The number of allylic oxidation sites excluding steroid dienone is 3. The molecule has 22 heavy (non-hydrogen) atoms. The molecule has 4 heteroatoms. The highest BCUT2D eigenvalue weighted by Gasteiger charge is 1.97. The minimum Gasteiger partial charge on any atom is -0.404 e. The van der Waals surface area contributed by atoms with Crippen LogP contribution in [0, 0.1) is 18.8 Å². The van der Waals surface area contributed by atoms with E-state index in [1.807, 2.05) is 18.4 Å². The predicted octanol–water partition coefficient (Wildman–Crippen LogP) is 4.17. The van der Waals surface area contributed by atoms with Crippen molar-refractivity contribution in [2.75, 3.05) is 6.26 Å². The third kappa shape index (κ3) is 4.80. The van der Waals surface area contributed by atoms with Gasteiger partial charge in [-0.15, -0.1) is 23.1 Å². The lowest BCUT2D eigenvalue weighted by Gasteiger charge is -2.03. The number of nitrogens with two attached hydrogens (primary N) is 1. The number of hydrogen-bond acceptors (Lipinski definition) is 4. The van der Waals surface area contributed by atoms with Gasteiger partial charge in [-0.3, -0.25) is 0 Å². The van der Waals surface area contributed by atoms with E-state index in [1.165, 1.54) is 16.7 Å². The third-order valence-corrected chi connectivity index (χ3v) is 4.57. The molecule has 0 unspecified atom stereocenters. The zero-order chi connectivity index (χ0) is 15.8. The van der Waals surface area contributed by atoms with E-state index < -0.39 is 0 Å². The van der Waals surface area contributed by atoms with Crippen molar-refractivity contribution in [1.29, 1.82) is 0 Å². The van der Waals surface area contributed by atoms with Crippen molar-refractivity contribution in [3.8, 4) is 11.8 Å². The van der Waals surface area contributed by atoms with Gasteiger partial charge in [0, 0.05) is 22.0 Å². The Bertz CT molecular complexity index is 746. The third-order valence-electron chi connectivity index (χ3n) is 2.96. The zero-order valence-electron chi connectivity index (χ0n) is 12.7. The first-order valence-corrected chi connectivity index (χ1v) is 8.98. The zero-order valence-corrected chi connectivity index (χ0v) is 14.3. The van der Waals surface area contributed by atoms with E-state index in [0.717, 1.165) is 22.7 Å². The number of thioether (sulfide) groups is 1. The summed E-state index contributed by atoms with van der Waals surface area (Å²) >= 11 is 3.36. The van der Waals surface area contributed by atoms with Gasteiger partial charge in [0.15, 0.2) is 0 Å². The first kappa shape index (κ1) is 16.4. The Morgan fingerprint density at radius 3 is 2.91 bits per heavy atom. The van der Waals surface area contributed by atoms with Gasteiger partial charge in [-0.25, -0.2) is 4.98 Å². The highest BCUT2D eigenvalue weighted by molar-refractivity contribution is 7.98.